The lowest BCUT2D eigenvalue weighted by Gasteiger charge is -2.21. The van der Waals surface area contributed by atoms with Crippen LogP contribution in [0.2, 0.25) is 0 Å². The first-order chi connectivity index (χ1) is 9.16. The zero-order valence-corrected chi connectivity index (χ0v) is 11.5. The summed E-state index contributed by atoms with van der Waals surface area (Å²) in [5, 5.41) is 0.148. The first kappa shape index (κ1) is 14.3. The van der Waals surface area contributed by atoms with Gasteiger partial charge in [0, 0.05) is 47.0 Å². The maximum Gasteiger partial charge on any atom is 0.163 e. The van der Waals surface area contributed by atoms with Crippen molar-refractivity contribution in [3.05, 3.63) is 35.6 Å². The second kappa shape index (κ2) is 6.91. The zero-order valence-electron chi connectivity index (χ0n) is 10.6. The van der Waals surface area contributed by atoms with Crippen LogP contribution in [-0.4, -0.2) is 34.2 Å². The molecule has 1 atom stereocenters. The Hall–Kier alpha value is -1.07. The average molecular weight is 284 g/mol. The van der Waals surface area contributed by atoms with E-state index in [1.54, 1.807) is 0 Å². The van der Waals surface area contributed by atoms with Gasteiger partial charge in [0.1, 0.15) is 5.82 Å². The summed E-state index contributed by atoms with van der Waals surface area (Å²) >= 11 is 0. The molecule has 3 nitrogen and oxygen atoms in total. The SMILES string of the molecule is O=C(CCS(=O)C1CCOCC1)c1ccc(F)cc1. The fourth-order valence-corrected chi connectivity index (χ4v) is 3.52. The first-order valence-electron chi connectivity index (χ1n) is 6.40. The summed E-state index contributed by atoms with van der Waals surface area (Å²) in [6.45, 7) is 1.31. The Morgan fingerprint density at radius 3 is 2.53 bits per heavy atom. The Labute approximate surface area is 114 Å². The number of halogens is 1. The largest absolute Gasteiger partial charge is 0.381 e. The van der Waals surface area contributed by atoms with E-state index < -0.39 is 10.8 Å². The van der Waals surface area contributed by atoms with Gasteiger partial charge in [-0.1, -0.05) is 0 Å². The van der Waals surface area contributed by atoms with E-state index in [1.807, 2.05) is 0 Å². The van der Waals surface area contributed by atoms with Crippen LogP contribution in [-0.2, 0) is 15.5 Å². The minimum absolute atomic E-state index is 0.0830. The van der Waals surface area contributed by atoms with E-state index in [1.165, 1.54) is 24.3 Å². The molecular formula is C14H17FO3S. The maximum absolute atomic E-state index is 12.7. The highest BCUT2D eigenvalue weighted by Gasteiger charge is 2.20. The Kier molecular flexibility index (Phi) is 5.22. The first-order valence-corrected chi connectivity index (χ1v) is 7.79. The number of hydrogen-bond acceptors (Lipinski definition) is 3. The highest BCUT2D eigenvalue weighted by molar-refractivity contribution is 7.85. The molecule has 1 aliphatic rings. The molecule has 0 aromatic heterocycles. The van der Waals surface area contributed by atoms with Gasteiger partial charge < -0.3 is 4.74 Å². The average Bonchev–Trinajstić information content (AvgIpc) is 2.46. The second-order valence-corrected chi connectivity index (χ2v) is 6.41. The molecule has 0 amide bonds. The van der Waals surface area contributed by atoms with E-state index >= 15 is 0 Å². The number of carbonyl (C=O) groups is 1. The van der Waals surface area contributed by atoms with Crippen molar-refractivity contribution in [3.63, 3.8) is 0 Å². The number of Topliss-reactive ketones (excluding diaryl/α,β-unsaturated/α-hetero) is 1. The van der Waals surface area contributed by atoms with Crippen molar-refractivity contribution in [2.45, 2.75) is 24.5 Å². The molecule has 1 saturated heterocycles. The standard InChI is InChI=1S/C14H17FO3S/c15-12-3-1-11(2-4-12)14(16)7-10-19(17)13-5-8-18-9-6-13/h1-4,13H,5-10H2. The van der Waals surface area contributed by atoms with E-state index in [2.05, 4.69) is 0 Å². The third-order valence-corrected chi connectivity index (χ3v) is 5.06. The Bertz CT molecular complexity index is 452. The minimum atomic E-state index is -0.980. The molecule has 0 saturated carbocycles. The summed E-state index contributed by atoms with van der Waals surface area (Å²) in [5.41, 5.74) is 0.477. The third kappa shape index (κ3) is 4.21. The molecule has 1 heterocycles. The Balaban J connectivity index is 1.82. The van der Waals surface area contributed by atoms with Gasteiger partial charge in [0.2, 0.25) is 0 Å². The van der Waals surface area contributed by atoms with Crippen molar-refractivity contribution in [3.8, 4) is 0 Å². The Morgan fingerprint density at radius 1 is 1.26 bits per heavy atom. The number of hydrogen-bond donors (Lipinski definition) is 0. The van der Waals surface area contributed by atoms with E-state index in [4.69, 9.17) is 4.74 Å². The number of rotatable bonds is 5. The molecule has 1 unspecified atom stereocenters. The molecule has 1 fully saturated rings. The molecule has 0 radical (unpaired) electrons. The number of ether oxygens (including phenoxy) is 1. The van der Waals surface area contributed by atoms with Crippen LogP contribution in [0.4, 0.5) is 4.39 Å². The molecule has 0 bridgehead atoms. The van der Waals surface area contributed by atoms with Crippen LogP contribution in [0.15, 0.2) is 24.3 Å². The van der Waals surface area contributed by atoms with Gasteiger partial charge in [-0.3, -0.25) is 9.00 Å². The summed E-state index contributed by atoms with van der Waals surface area (Å²) in [5.74, 6) is -0.0660. The normalized spacial score (nSPS) is 18.2. The van der Waals surface area contributed by atoms with Gasteiger partial charge in [-0.25, -0.2) is 4.39 Å². The molecule has 104 valence electrons. The van der Waals surface area contributed by atoms with Crippen molar-refractivity contribution < 1.29 is 18.1 Å². The van der Waals surface area contributed by atoms with Crippen LogP contribution in [0.25, 0.3) is 0 Å². The highest BCUT2D eigenvalue weighted by atomic mass is 32.2. The second-order valence-electron chi connectivity index (χ2n) is 4.58. The van der Waals surface area contributed by atoms with E-state index in [-0.39, 0.29) is 23.3 Å². The van der Waals surface area contributed by atoms with Gasteiger partial charge in [-0.15, -0.1) is 0 Å². The van der Waals surface area contributed by atoms with E-state index in [0.717, 1.165) is 12.8 Å². The van der Waals surface area contributed by atoms with Gasteiger partial charge in [0.05, 0.1) is 0 Å². The van der Waals surface area contributed by atoms with Crippen LogP contribution in [0, 0.1) is 5.82 Å². The molecule has 1 aromatic carbocycles. The highest BCUT2D eigenvalue weighted by Crippen LogP contribution is 2.15. The van der Waals surface area contributed by atoms with Crippen LogP contribution >= 0.6 is 0 Å². The quantitative estimate of drug-likeness (QED) is 0.779. The fourth-order valence-electron chi connectivity index (χ4n) is 2.08. The van der Waals surface area contributed by atoms with Crippen molar-refractivity contribution >= 4 is 16.6 Å². The molecule has 0 aliphatic carbocycles. The molecule has 1 aliphatic heterocycles. The molecule has 19 heavy (non-hydrogen) atoms. The van der Waals surface area contributed by atoms with Crippen LogP contribution in [0.1, 0.15) is 29.6 Å². The van der Waals surface area contributed by atoms with Crippen LogP contribution in [0.5, 0.6) is 0 Å². The van der Waals surface area contributed by atoms with Gasteiger partial charge in [0.15, 0.2) is 5.78 Å². The van der Waals surface area contributed by atoms with Crippen LogP contribution in [0.3, 0.4) is 0 Å². The Morgan fingerprint density at radius 2 is 1.89 bits per heavy atom. The zero-order chi connectivity index (χ0) is 13.7. The number of ketones is 1. The van der Waals surface area contributed by atoms with Crippen LogP contribution < -0.4 is 0 Å². The number of carbonyl (C=O) groups excluding carboxylic acids is 1. The maximum atomic E-state index is 12.7. The summed E-state index contributed by atoms with van der Waals surface area (Å²) in [6.07, 6.45) is 1.85. The molecule has 2 rings (SSSR count). The van der Waals surface area contributed by atoms with Crippen molar-refractivity contribution in [1.82, 2.24) is 0 Å². The summed E-state index contributed by atoms with van der Waals surface area (Å²) in [4.78, 5) is 11.9. The van der Waals surface area contributed by atoms with Gasteiger partial charge in [-0.2, -0.15) is 0 Å². The smallest absolute Gasteiger partial charge is 0.163 e. The lowest BCUT2D eigenvalue weighted by Crippen LogP contribution is -2.27. The molecule has 0 spiro atoms. The lowest BCUT2D eigenvalue weighted by atomic mass is 10.1. The molecule has 0 N–H and O–H groups in total. The van der Waals surface area contributed by atoms with Gasteiger partial charge >= 0.3 is 0 Å². The minimum Gasteiger partial charge on any atom is -0.381 e. The van der Waals surface area contributed by atoms with Crippen molar-refractivity contribution in [2.24, 2.45) is 0 Å². The van der Waals surface area contributed by atoms with Crippen molar-refractivity contribution in [1.29, 1.82) is 0 Å². The molecule has 1 aromatic rings. The van der Waals surface area contributed by atoms with Crippen molar-refractivity contribution in [2.75, 3.05) is 19.0 Å². The molecule has 5 heteroatoms. The summed E-state index contributed by atoms with van der Waals surface area (Å²) < 4.78 is 30.0. The van der Waals surface area contributed by atoms with E-state index in [9.17, 15) is 13.4 Å². The molecular weight excluding hydrogens is 267 g/mol. The third-order valence-electron chi connectivity index (χ3n) is 3.24. The predicted molar refractivity (Wildman–Crippen MR) is 72.2 cm³/mol. The summed E-state index contributed by atoms with van der Waals surface area (Å²) in [6, 6.07) is 5.47. The van der Waals surface area contributed by atoms with E-state index in [0.29, 0.717) is 24.5 Å². The topological polar surface area (TPSA) is 43.4 Å². The summed E-state index contributed by atoms with van der Waals surface area (Å²) in [7, 11) is -0.980. The monoisotopic (exact) mass is 284 g/mol. The van der Waals surface area contributed by atoms with Gasteiger partial charge in [-0.05, 0) is 37.1 Å². The van der Waals surface area contributed by atoms with Gasteiger partial charge in [0.25, 0.3) is 0 Å². The predicted octanol–water partition coefficient (Wildman–Crippen LogP) is 2.33. The lowest BCUT2D eigenvalue weighted by molar-refractivity contribution is 0.0983. The number of benzene rings is 1. The fraction of sp³-hybridized carbons (Fsp3) is 0.500.